The molecule has 5 amide bonds. The summed E-state index contributed by atoms with van der Waals surface area (Å²) in [6.45, 7) is 9.49. The van der Waals surface area contributed by atoms with Gasteiger partial charge in [-0.15, -0.1) is 0 Å². The molecule has 0 spiro atoms. The number of carbonyl (C=O) groups excluding carboxylic acids is 6. The lowest BCUT2D eigenvalue weighted by molar-refractivity contribution is -0.136. The van der Waals surface area contributed by atoms with Crippen LogP contribution in [0.15, 0.2) is 59.7 Å². The van der Waals surface area contributed by atoms with Crippen molar-refractivity contribution < 1.29 is 47.7 Å². The van der Waals surface area contributed by atoms with Crippen LogP contribution < -0.4 is 16.4 Å². The number of anilines is 1. The van der Waals surface area contributed by atoms with Gasteiger partial charge in [0.1, 0.15) is 12.6 Å². The van der Waals surface area contributed by atoms with Crippen molar-refractivity contribution in [2.75, 3.05) is 84.9 Å². The molecular weight excluding hydrogens is 873 g/mol. The van der Waals surface area contributed by atoms with E-state index in [0.29, 0.717) is 100 Å². The number of hydrogen-bond acceptors (Lipinski definition) is 14. The minimum absolute atomic E-state index is 0.0497. The molecule has 1 fully saturated rings. The molecule has 18 nitrogen and oxygen atoms in total. The van der Waals surface area contributed by atoms with Crippen LogP contribution in [0.1, 0.15) is 98.2 Å². The predicted octanol–water partition coefficient (Wildman–Crippen LogP) is 3.88. The van der Waals surface area contributed by atoms with Gasteiger partial charge >= 0.3 is 0 Å². The van der Waals surface area contributed by atoms with E-state index in [1.165, 1.54) is 6.20 Å². The minimum Gasteiger partial charge on any atom is -0.404 e. The lowest BCUT2D eigenvalue weighted by atomic mass is 9.70. The Kier molecular flexibility index (Phi) is 15.6. The highest BCUT2D eigenvalue weighted by molar-refractivity contribution is 6.25. The number of amides is 5. The molecule has 3 aromatic carbocycles. The second-order valence-corrected chi connectivity index (χ2v) is 17.1. The zero-order valence-corrected chi connectivity index (χ0v) is 38.7. The quantitative estimate of drug-likeness (QED) is 0.0497. The molecule has 2 aliphatic heterocycles. The van der Waals surface area contributed by atoms with Crippen molar-refractivity contribution in [1.82, 2.24) is 20.1 Å². The number of nitrogens with zero attached hydrogens (tertiary/aromatic N) is 4. The Balaban J connectivity index is 0.754. The van der Waals surface area contributed by atoms with Crippen LogP contribution in [-0.2, 0) is 45.2 Å². The molecule has 0 radical (unpaired) electrons. The second kappa shape index (κ2) is 21.7. The Morgan fingerprint density at radius 2 is 1.65 bits per heavy atom. The SMILES string of the molecule is CCc1cc2c(cc1/C(C=NCC(=O)N(C)CCOCCOCCOCCOCCNc1cccc3c1C(=O)N(C1CCC(=O)NC1=O)C3=O)=C/N)C(C)(C)c1[nH]c3cc(C#N)ccc3c1C2=O. The average molecular weight is 929 g/mol. The predicted molar refractivity (Wildman–Crippen MR) is 252 cm³/mol. The number of rotatable bonds is 22. The number of hydrogen-bond donors (Lipinski definition) is 4. The van der Waals surface area contributed by atoms with Crippen LogP contribution in [0.5, 0.6) is 0 Å². The number of aromatic amines is 1. The number of ether oxygens (including phenoxy) is 4. The zero-order chi connectivity index (χ0) is 48.5. The standard InChI is InChI=1S/C50H56N8O10/c1-5-31-24-36-37(50(2,3)46-44(45(36)61)33-10-9-30(26-51)23-39(33)55-46)25-35(31)32(27-52)28-53-29-42(60)57(4)14-16-66-18-20-68-22-21-67-19-17-65-15-13-54-38-8-6-7-34-43(38)49(64)58(48(34)63)40-11-12-41(59)56-47(40)62/h6-10,23-25,27-28,40,54-55H,5,11-22,29,52H2,1-4H3,(H,56,59,62)/b32-27+,53-28?. The van der Waals surface area contributed by atoms with Crippen LogP contribution >= 0.6 is 0 Å². The van der Waals surface area contributed by atoms with E-state index in [0.717, 1.165) is 38.2 Å². The number of ketones is 1. The molecule has 18 heteroatoms. The Hall–Kier alpha value is -7.04. The number of aromatic nitrogens is 1. The average Bonchev–Trinajstić information content (AvgIpc) is 3.85. The van der Waals surface area contributed by atoms with E-state index < -0.39 is 35.1 Å². The Labute approximate surface area is 393 Å². The van der Waals surface area contributed by atoms with Crippen molar-refractivity contribution in [2.45, 2.75) is 51.5 Å². The molecular formula is C50H56N8O10. The number of imide groups is 2. The van der Waals surface area contributed by atoms with Crippen molar-refractivity contribution in [3.63, 3.8) is 0 Å². The van der Waals surface area contributed by atoms with Crippen molar-refractivity contribution in [2.24, 2.45) is 10.7 Å². The molecule has 4 aromatic rings. The van der Waals surface area contributed by atoms with Crippen LogP contribution in [0.3, 0.4) is 0 Å². The van der Waals surface area contributed by atoms with Gasteiger partial charge in [-0.2, -0.15) is 5.26 Å². The smallest absolute Gasteiger partial charge is 0.264 e. The van der Waals surface area contributed by atoms with Gasteiger partial charge in [-0.25, -0.2) is 0 Å². The number of nitrogens with one attached hydrogen (secondary N) is 3. The molecule has 356 valence electrons. The number of piperidine rings is 1. The summed E-state index contributed by atoms with van der Waals surface area (Å²) >= 11 is 0. The first kappa shape index (κ1) is 48.9. The normalized spacial score (nSPS) is 16.5. The van der Waals surface area contributed by atoms with Gasteiger partial charge in [-0.05, 0) is 65.9 Å². The molecule has 3 aliphatic rings. The third-order valence-corrected chi connectivity index (χ3v) is 12.4. The third kappa shape index (κ3) is 10.3. The fourth-order valence-electron chi connectivity index (χ4n) is 8.70. The van der Waals surface area contributed by atoms with Crippen LogP contribution in [0.2, 0.25) is 0 Å². The number of aryl methyl sites for hydroxylation is 1. The van der Waals surface area contributed by atoms with Crippen LogP contribution in [0.25, 0.3) is 16.5 Å². The number of likely N-dealkylation sites (N-methyl/N-ethyl adjacent to an activating group) is 1. The fourth-order valence-corrected chi connectivity index (χ4v) is 8.70. The molecule has 1 atom stereocenters. The summed E-state index contributed by atoms with van der Waals surface area (Å²) in [5.74, 6) is -2.49. The van der Waals surface area contributed by atoms with E-state index in [1.54, 1.807) is 48.5 Å². The summed E-state index contributed by atoms with van der Waals surface area (Å²) in [5.41, 5.74) is 13.0. The lowest BCUT2D eigenvalue weighted by Gasteiger charge is -2.33. The van der Waals surface area contributed by atoms with Gasteiger partial charge in [0.15, 0.2) is 5.78 Å². The van der Waals surface area contributed by atoms with Gasteiger partial charge < -0.3 is 39.9 Å². The van der Waals surface area contributed by atoms with Gasteiger partial charge in [-0.1, -0.05) is 32.9 Å². The Morgan fingerprint density at radius 3 is 2.32 bits per heavy atom. The molecule has 7 rings (SSSR count). The number of nitriles is 1. The van der Waals surface area contributed by atoms with E-state index in [1.807, 2.05) is 25.1 Å². The van der Waals surface area contributed by atoms with Gasteiger partial charge in [0.05, 0.1) is 81.2 Å². The van der Waals surface area contributed by atoms with E-state index in [2.05, 4.69) is 40.5 Å². The summed E-state index contributed by atoms with van der Waals surface area (Å²) < 4.78 is 22.4. The maximum atomic E-state index is 14.0. The highest BCUT2D eigenvalue weighted by atomic mass is 16.6. The van der Waals surface area contributed by atoms with Crippen LogP contribution in [-0.4, -0.2) is 142 Å². The summed E-state index contributed by atoms with van der Waals surface area (Å²) in [4.78, 5) is 87.5. The van der Waals surface area contributed by atoms with E-state index in [4.69, 9.17) is 24.7 Å². The summed E-state index contributed by atoms with van der Waals surface area (Å²) in [6.07, 6.45) is 3.84. The Bertz CT molecular complexity index is 2730. The molecule has 3 heterocycles. The third-order valence-electron chi connectivity index (χ3n) is 12.4. The van der Waals surface area contributed by atoms with Gasteiger partial charge in [0.2, 0.25) is 17.7 Å². The summed E-state index contributed by atoms with van der Waals surface area (Å²) in [7, 11) is 1.69. The fraction of sp³-hybridized carbons (Fsp3) is 0.400. The van der Waals surface area contributed by atoms with Crippen molar-refractivity contribution in [3.8, 4) is 6.07 Å². The molecule has 1 unspecified atom stereocenters. The summed E-state index contributed by atoms with van der Waals surface area (Å²) in [5, 5.41) is 15.6. The number of aliphatic imine (C=N–C) groups is 1. The summed E-state index contributed by atoms with van der Waals surface area (Å²) in [6, 6.07) is 15.3. The van der Waals surface area contributed by atoms with Crippen molar-refractivity contribution in [1.29, 1.82) is 5.26 Å². The molecule has 0 bridgehead atoms. The number of H-pyrrole nitrogens is 1. The molecule has 0 saturated carbocycles. The molecule has 68 heavy (non-hydrogen) atoms. The maximum Gasteiger partial charge on any atom is 0.264 e. The first-order chi connectivity index (χ1) is 32.8. The largest absolute Gasteiger partial charge is 0.404 e. The number of carbonyl (C=O) groups is 6. The number of allylic oxidation sites excluding steroid dienone is 1. The van der Waals surface area contributed by atoms with Gasteiger partial charge in [0.25, 0.3) is 11.8 Å². The lowest BCUT2D eigenvalue weighted by Crippen LogP contribution is -2.54. The topological polar surface area (TPSA) is 248 Å². The highest BCUT2D eigenvalue weighted by Gasteiger charge is 2.46. The highest BCUT2D eigenvalue weighted by Crippen LogP contribution is 2.45. The van der Waals surface area contributed by atoms with E-state index in [9.17, 15) is 34.0 Å². The van der Waals surface area contributed by atoms with Crippen molar-refractivity contribution in [3.05, 3.63) is 105 Å². The zero-order valence-electron chi connectivity index (χ0n) is 38.7. The molecule has 1 saturated heterocycles. The van der Waals surface area contributed by atoms with Crippen LogP contribution in [0.4, 0.5) is 5.69 Å². The first-order valence-corrected chi connectivity index (χ1v) is 22.6. The number of fused-ring (bicyclic) bond motifs is 5. The first-order valence-electron chi connectivity index (χ1n) is 22.6. The molecule has 1 aromatic heterocycles. The monoisotopic (exact) mass is 928 g/mol. The second-order valence-electron chi connectivity index (χ2n) is 17.1. The van der Waals surface area contributed by atoms with E-state index in [-0.39, 0.29) is 42.2 Å². The number of benzene rings is 3. The van der Waals surface area contributed by atoms with Crippen molar-refractivity contribution >= 4 is 63.7 Å². The molecule has 1 aliphatic carbocycles. The number of nitrogens with two attached hydrogens (primary N) is 1. The maximum absolute atomic E-state index is 14.0. The van der Waals surface area contributed by atoms with E-state index >= 15 is 0 Å². The molecule has 5 N–H and O–H groups in total. The van der Waals surface area contributed by atoms with Crippen LogP contribution in [0, 0.1) is 11.3 Å². The Morgan fingerprint density at radius 1 is 0.941 bits per heavy atom. The minimum atomic E-state index is -1.03. The van der Waals surface area contributed by atoms with Gasteiger partial charge in [-0.3, -0.25) is 44.0 Å². The van der Waals surface area contributed by atoms with Gasteiger partial charge in [0, 0.05) is 77.8 Å².